The summed E-state index contributed by atoms with van der Waals surface area (Å²) in [4.78, 5) is 9.49. The van der Waals surface area contributed by atoms with Crippen molar-refractivity contribution in [2.45, 2.75) is 12.8 Å². The van der Waals surface area contributed by atoms with Crippen molar-refractivity contribution in [3.8, 4) is 0 Å². The number of hydrogen-bond donors (Lipinski definition) is 0. The Morgan fingerprint density at radius 1 is 0.833 bits per heavy atom. The van der Waals surface area contributed by atoms with Crippen LogP contribution in [0.5, 0.6) is 0 Å². The lowest BCUT2D eigenvalue weighted by atomic mass is 9.96. The fourth-order valence-electron chi connectivity index (χ4n) is 2.61. The van der Waals surface area contributed by atoms with Gasteiger partial charge in [-0.25, -0.2) is 9.97 Å². The van der Waals surface area contributed by atoms with Crippen LogP contribution in [0, 0.1) is 0 Å². The molecule has 18 heavy (non-hydrogen) atoms. The third kappa shape index (κ3) is 1.35. The Bertz CT molecular complexity index is 788. The zero-order chi connectivity index (χ0) is 11.9. The second kappa shape index (κ2) is 3.64. The lowest BCUT2D eigenvalue weighted by Gasteiger charge is -2.12. The topological polar surface area (TPSA) is 25.8 Å². The van der Waals surface area contributed by atoms with Crippen molar-refractivity contribution < 1.29 is 0 Å². The zero-order valence-corrected chi connectivity index (χ0v) is 9.93. The number of fused-ring (bicyclic) bond motifs is 4. The first kappa shape index (κ1) is 9.77. The largest absolute Gasteiger partial charge is 0.244 e. The van der Waals surface area contributed by atoms with Gasteiger partial charge in [0.1, 0.15) is 0 Å². The highest BCUT2D eigenvalue weighted by atomic mass is 14.8. The molecule has 2 aromatic carbocycles. The average Bonchev–Trinajstić information content (AvgIpc) is 2.45. The van der Waals surface area contributed by atoms with Crippen LogP contribution in [0.1, 0.15) is 17.5 Å². The second-order valence-corrected chi connectivity index (χ2v) is 4.65. The highest BCUT2D eigenvalue weighted by molar-refractivity contribution is 5.90. The van der Waals surface area contributed by atoms with Crippen molar-refractivity contribution in [2.24, 2.45) is 0 Å². The molecule has 0 atom stereocenters. The Labute approximate surface area is 105 Å². The smallest absolute Gasteiger partial charge is 0.0932 e. The maximum Gasteiger partial charge on any atom is 0.0932 e. The van der Waals surface area contributed by atoms with Crippen LogP contribution in [0.4, 0.5) is 0 Å². The summed E-state index contributed by atoms with van der Waals surface area (Å²) in [7, 11) is 0. The average molecular weight is 232 g/mol. The van der Waals surface area contributed by atoms with Crippen LogP contribution in [0.3, 0.4) is 0 Å². The number of hydrogen-bond acceptors (Lipinski definition) is 2. The zero-order valence-electron chi connectivity index (χ0n) is 9.93. The molecule has 86 valence electrons. The first-order chi connectivity index (χ1) is 8.92. The minimum absolute atomic E-state index is 0.969. The van der Waals surface area contributed by atoms with Gasteiger partial charge in [-0.1, -0.05) is 30.4 Å². The Kier molecular flexibility index (Phi) is 1.97. The SMILES string of the molecule is C1=Cc2ccc3nc4ccccc4nc3c2CC1. The van der Waals surface area contributed by atoms with E-state index in [0.717, 1.165) is 34.9 Å². The predicted molar refractivity (Wildman–Crippen MR) is 74.4 cm³/mol. The summed E-state index contributed by atoms with van der Waals surface area (Å²) >= 11 is 0. The number of benzene rings is 2. The number of rotatable bonds is 0. The number of aryl methyl sites for hydroxylation is 1. The highest BCUT2D eigenvalue weighted by Gasteiger charge is 2.11. The van der Waals surface area contributed by atoms with E-state index < -0.39 is 0 Å². The first-order valence-corrected chi connectivity index (χ1v) is 6.27. The summed E-state index contributed by atoms with van der Waals surface area (Å²) < 4.78 is 0. The molecule has 0 unspecified atom stereocenters. The van der Waals surface area contributed by atoms with Crippen LogP contribution in [-0.4, -0.2) is 9.97 Å². The van der Waals surface area contributed by atoms with Crippen molar-refractivity contribution in [3.63, 3.8) is 0 Å². The van der Waals surface area contributed by atoms with Crippen LogP contribution in [-0.2, 0) is 6.42 Å². The third-order valence-corrected chi connectivity index (χ3v) is 3.51. The highest BCUT2D eigenvalue weighted by Crippen LogP contribution is 2.27. The minimum Gasteiger partial charge on any atom is -0.244 e. The molecular weight excluding hydrogens is 220 g/mol. The summed E-state index contributed by atoms with van der Waals surface area (Å²) in [5, 5.41) is 0. The van der Waals surface area contributed by atoms with Gasteiger partial charge < -0.3 is 0 Å². The minimum atomic E-state index is 0.969. The molecule has 1 aliphatic carbocycles. The molecular formula is C16H12N2. The normalized spacial score (nSPS) is 14.0. The molecule has 0 amide bonds. The first-order valence-electron chi connectivity index (χ1n) is 6.27. The lowest BCUT2D eigenvalue weighted by Crippen LogP contribution is -1.98. The molecule has 0 saturated heterocycles. The molecule has 0 aliphatic heterocycles. The van der Waals surface area contributed by atoms with Crippen molar-refractivity contribution in [2.75, 3.05) is 0 Å². The van der Waals surface area contributed by atoms with Gasteiger partial charge in [0.15, 0.2) is 0 Å². The summed E-state index contributed by atoms with van der Waals surface area (Å²) in [6.07, 6.45) is 6.58. The summed E-state index contributed by atoms with van der Waals surface area (Å²) in [6, 6.07) is 12.3. The number of nitrogens with zero attached hydrogens (tertiary/aromatic N) is 2. The van der Waals surface area contributed by atoms with Crippen LogP contribution in [0.25, 0.3) is 28.1 Å². The third-order valence-electron chi connectivity index (χ3n) is 3.51. The standard InChI is InChI=1S/C16H12N2/c1-2-6-12-11(5-1)9-10-15-16(12)18-14-8-4-3-7-13(14)17-15/h1,3-5,7-10H,2,6H2. The Morgan fingerprint density at radius 2 is 1.67 bits per heavy atom. The van der Waals surface area contributed by atoms with Gasteiger partial charge in [0.05, 0.1) is 22.1 Å². The van der Waals surface area contributed by atoms with E-state index in [0.29, 0.717) is 0 Å². The fourth-order valence-corrected chi connectivity index (χ4v) is 2.61. The van der Waals surface area contributed by atoms with Gasteiger partial charge in [-0.3, -0.25) is 0 Å². The second-order valence-electron chi connectivity index (χ2n) is 4.65. The van der Waals surface area contributed by atoms with Crippen molar-refractivity contribution >= 4 is 28.1 Å². The molecule has 1 aromatic heterocycles. The van der Waals surface area contributed by atoms with Crippen LogP contribution < -0.4 is 0 Å². The predicted octanol–water partition coefficient (Wildman–Crippen LogP) is 3.74. The number of aromatic nitrogens is 2. The van der Waals surface area contributed by atoms with Crippen LogP contribution in [0.2, 0.25) is 0 Å². The molecule has 3 aromatic rings. The molecule has 0 radical (unpaired) electrons. The van der Waals surface area contributed by atoms with Gasteiger partial charge in [0, 0.05) is 0 Å². The molecule has 2 heteroatoms. The van der Waals surface area contributed by atoms with Gasteiger partial charge >= 0.3 is 0 Å². The van der Waals surface area contributed by atoms with E-state index in [1.54, 1.807) is 0 Å². The molecule has 1 heterocycles. The van der Waals surface area contributed by atoms with Gasteiger partial charge in [0.25, 0.3) is 0 Å². The molecule has 0 saturated carbocycles. The van der Waals surface area contributed by atoms with Crippen LogP contribution in [0.15, 0.2) is 42.5 Å². The number of para-hydroxylation sites is 2. The quantitative estimate of drug-likeness (QED) is 0.552. The molecule has 0 N–H and O–H groups in total. The lowest BCUT2D eigenvalue weighted by molar-refractivity contribution is 0.992. The molecule has 1 aliphatic rings. The van der Waals surface area contributed by atoms with Crippen LogP contribution >= 0.6 is 0 Å². The van der Waals surface area contributed by atoms with Gasteiger partial charge in [-0.2, -0.15) is 0 Å². The monoisotopic (exact) mass is 232 g/mol. The number of allylic oxidation sites excluding steroid dienone is 1. The van der Waals surface area contributed by atoms with E-state index >= 15 is 0 Å². The van der Waals surface area contributed by atoms with Gasteiger partial charge in [-0.15, -0.1) is 0 Å². The van der Waals surface area contributed by atoms with Crippen molar-refractivity contribution in [1.82, 2.24) is 9.97 Å². The Morgan fingerprint density at radius 3 is 2.56 bits per heavy atom. The summed E-state index contributed by atoms with van der Waals surface area (Å²) in [5.41, 5.74) is 6.65. The van der Waals surface area contributed by atoms with E-state index in [4.69, 9.17) is 9.97 Å². The maximum atomic E-state index is 4.79. The summed E-state index contributed by atoms with van der Waals surface area (Å²) in [6.45, 7) is 0. The van der Waals surface area contributed by atoms with Crippen molar-refractivity contribution in [1.29, 1.82) is 0 Å². The van der Waals surface area contributed by atoms with E-state index in [1.165, 1.54) is 11.1 Å². The fraction of sp³-hybridized carbons (Fsp3) is 0.125. The van der Waals surface area contributed by atoms with E-state index in [2.05, 4.69) is 24.3 Å². The van der Waals surface area contributed by atoms with Gasteiger partial charge in [-0.05, 0) is 42.2 Å². The molecule has 0 bridgehead atoms. The maximum absolute atomic E-state index is 4.79. The molecule has 2 nitrogen and oxygen atoms in total. The van der Waals surface area contributed by atoms with Gasteiger partial charge in [0.2, 0.25) is 0 Å². The molecule has 0 spiro atoms. The molecule has 0 fully saturated rings. The Hall–Kier alpha value is -2.22. The van der Waals surface area contributed by atoms with E-state index in [9.17, 15) is 0 Å². The Balaban J connectivity index is 2.15. The summed E-state index contributed by atoms with van der Waals surface area (Å²) in [5.74, 6) is 0. The van der Waals surface area contributed by atoms with E-state index in [-0.39, 0.29) is 0 Å². The molecule has 4 rings (SSSR count). The van der Waals surface area contributed by atoms with E-state index in [1.807, 2.05) is 24.3 Å². The van der Waals surface area contributed by atoms with Crippen molar-refractivity contribution in [3.05, 3.63) is 53.6 Å².